The number of aromatic nitrogens is 2. The van der Waals surface area contributed by atoms with Crippen molar-refractivity contribution in [2.45, 2.75) is 13.0 Å². The Hall–Kier alpha value is -2.63. The van der Waals surface area contributed by atoms with E-state index in [2.05, 4.69) is 9.97 Å². The fourth-order valence-electron chi connectivity index (χ4n) is 2.59. The summed E-state index contributed by atoms with van der Waals surface area (Å²) < 4.78 is 10.5. The van der Waals surface area contributed by atoms with E-state index in [4.69, 9.17) is 9.47 Å². The lowest BCUT2D eigenvalue weighted by Gasteiger charge is -2.28. The molecule has 6 heteroatoms. The first-order valence-electron chi connectivity index (χ1n) is 7.02. The maximum atomic E-state index is 12.7. The molecule has 1 amide bonds. The molecule has 0 spiro atoms. The molecule has 1 aliphatic heterocycles. The van der Waals surface area contributed by atoms with E-state index in [0.29, 0.717) is 30.2 Å². The van der Waals surface area contributed by atoms with Crippen molar-refractivity contribution in [2.75, 3.05) is 20.8 Å². The normalized spacial score (nSPS) is 13.5. The molecule has 0 saturated carbocycles. The summed E-state index contributed by atoms with van der Waals surface area (Å²) in [7, 11) is 3.13. The third kappa shape index (κ3) is 2.59. The second-order valence-corrected chi connectivity index (χ2v) is 5.04. The summed E-state index contributed by atoms with van der Waals surface area (Å²) in [5.74, 6) is 1.13. The zero-order chi connectivity index (χ0) is 15.5. The summed E-state index contributed by atoms with van der Waals surface area (Å²) in [5.41, 5.74) is 2.60. The van der Waals surface area contributed by atoms with Crippen LogP contribution in [0.25, 0.3) is 0 Å². The summed E-state index contributed by atoms with van der Waals surface area (Å²) in [6.07, 6.45) is 4.07. The molecular weight excluding hydrogens is 282 g/mol. The number of carbonyl (C=O) groups excluding carboxylic acids is 1. The average molecular weight is 299 g/mol. The molecule has 1 aromatic carbocycles. The number of nitrogens with zero attached hydrogens (tertiary/aromatic N) is 3. The van der Waals surface area contributed by atoms with Gasteiger partial charge in [0.25, 0.3) is 5.91 Å². The molecule has 0 unspecified atom stereocenters. The molecular formula is C16H17N3O3. The van der Waals surface area contributed by atoms with Crippen molar-refractivity contribution >= 4 is 5.91 Å². The van der Waals surface area contributed by atoms with Crippen LogP contribution in [0.15, 0.2) is 30.7 Å². The highest BCUT2D eigenvalue weighted by Gasteiger charge is 2.23. The third-order valence-electron chi connectivity index (χ3n) is 3.78. The lowest BCUT2D eigenvalue weighted by molar-refractivity contribution is 0.0733. The van der Waals surface area contributed by atoms with Crippen LogP contribution in [0, 0.1) is 0 Å². The van der Waals surface area contributed by atoms with Gasteiger partial charge in [0, 0.05) is 36.8 Å². The number of hydrogen-bond donors (Lipinski definition) is 0. The van der Waals surface area contributed by atoms with Gasteiger partial charge in [0.05, 0.1) is 19.9 Å². The molecule has 3 rings (SSSR count). The number of fused-ring (bicyclic) bond motifs is 1. The molecule has 22 heavy (non-hydrogen) atoms. The molecule has 6 nitrogen and oxygen atoms in total. The molecule has 1 aromatic heterocycles. The predicted molar refractivity (Wildman–Crippen MR) is 80.0 cm³/mol. The molecule has 0 aliphatic carbocycles. The Kier molecular flexibility index (Phi) is 3.91. The number of methoxy groups -OCH3 is 2. The molecule has 0 fully saturated rings. The number of amides is 1. The predicted octanol–water partition coefficient (Wildman–Crippen LogP) is 1.69. The zero-order valence-electron chi connectivity index (χ0n) is 12.6. The van der Waals surface area contributed by atoms with E-state index >= 15 is 0 Å². The van der Waals surface area contributed by atoms with Gasteiger partial charge in [-0.25, -0.2) is 9.97 Å². The molecule has 2 aromatic rings. The first-order valence-corrected chi connectivity index (χ1v) is 7.02. The summed E-state index contributed by atoms with van der Waals surface area (Å²) in [4.78, 5) is 22.7. The van der Waals surface area contributed by atoms with Gasteiger partial charge in [-0.1, -0.05) is 0 Å². The van der Waals surface area contributed by atoms with Crippen LogP contribution in [0.3, 0.4) is 0 Å². The number of hydrogen-bond acceptors (Lipinski definition) is 5. The lowest BCUT2D eigenvalue weighted by Crippen LogP contribution is -2.36. The molecule has 2 heterocycles. The summed E-state index contributed by atoms with van der Waals surface area (Å²) in [6, 6.07) is 5.20. The second-order valence-electron chi connectivity index (χ2n) is 5.04. The standard InChI is InChI=1S/C16H17N3O3/c1-21-14-4-3-11(7-15(14)22-2)16(20)19-6-5-13-12(9-19)8-17-10-18-13/h3-4,7-8,10H,5-6,9H2,1-2H3. The van der Waals surface area contributed by atoms with Crippen molar-refractivity contribution in [2.24, 2.45) is 0 Å². The third-order valence-corrected chi connectivity index (χ3v) is 3.78. The fourth-order valence-corrected chi connectivity index (χ4v) is 2.59. The highest BCUT2D eigenvalue weighted by Crippen LogP contribution is 2.28. The Labute approximate surface area is 128 Å². The minimum atomic E-state index is -0.0320. The molecule has 114 valence electrons. The topological polar surface area (TPSA) is 64.5 Å². The van der Waals surface area contributed by atoms with E-state index in [1.54, 1.807) is 49.8 Å². The van der Waals surface area contributed by atoms with Crippen LogP contribution in [0.1, 0.15) is 21.6 Å². The van der Waals surface area contributed by atoms with Gasteiger partial charge in [0.2, 0.25) is 0 Å². The van der Waals surface area contributed by atoms with Crippen molar-refractivity contribution in [3.63, 3.8) is 0 Å². The Morgan fingerprint density at radius 2 is 2.05 bits per heavy atom. The lowest BCUT2D eigenvalue weighted by atomic mass is 10.1. The number of rotatable bonds is 3. The smallest absolute Gasteiger partial charge is 0.254 e. The van der Waals surface area contributed by atoms with Gasteiger partial charge in [-0.3, -0.25) is 4.79 Å². The Morgan fingerprint density at radius 1 is 1.23 bits per heavy atom. The molecule has 0 radical (unpaired) electrons. The molecule has 0 saturated heterocycles. The number of benzene rings is 1. The minimum Gasteiger partial charge on any atom is -0.493 e. The molecule has 1 aliphatic rings. The van der Waals surface area contributed by atoms with Crippen LogP contribution in [-0.2, 0) is 13.0 Å². The maximum Gasteiger partial charge on any atom is 0.254 e. The largest absolute Gasteiger partial charge is 0.493 e. The van der Waals surface area contributed by atoms with Crippen molar-refractivity contribution < 1.29 is 14.3 Å². The summed E-state index contributed by atoms with van der Waals surface area (Å²) in [6.45, 7) is 1.18. The van der Waals surface area contributed by atoms with Crippen LogP contribution in [-0.4, -0.2) is 41.5 Å². The van der Waals surface area contributed by atoms with E-state index in [9.17, 15) is 4.79 Å². The quantitative estimate of drug-likeness (QED) is 0.863. The van der Waals surface area contributed by atoms with Crippen molar-refractivity contribution in [3.05, 3.63) is 47.5 Å². The highest BCUT2D eigenvalue weighted by atomic mass is 16.5. The maximum absolute atomic E-state index is 12.7. The van der Waals surface area contributed by atoms with Crippen LogP contribution in [0.2, 0.25) is 0 Å². The van der Waals surface area contributed by atoms with Gasteiger partial charge in [-0.2, -0.15) is 0 Å². The fraction of sp³-hybridized carbons (Fsp3) is 0.312. The molecule has 0 atom stereocenters. The Bertz CT molecular complexity index is 703. The average Bonchev–Trinajstić information content (AvgIpc) is 2.60. The Morgan fingerprint density at radius 3 is 2.82 bits per heavy atom. The van der Waals surface area contributed by atoms with E-state index in [0.717, 1.165) is 17.7 Å². The van der Waals surface area contributed by atoms with Gasteiger partial charge in [-0.05, 0) is 18.2 Å². The van der Waals surface area contributed by atoms with Gasteiger partial charge >= 0.3 is 0 Å². The van der Waals surface area contributed by atoms with Crippen molar-refractivity contribution in [1.82, 2.24) is 14.9 Å². The van der Waals surface area contributed by atoms with Gasteiger partial charge in [0.1, 0.15) is 6.33 Å². The van der Waals surface area contributed by atoms with Crippen LogP contribution >= 0.6 is 0 Å². The monoisotopic (exact) mass is 299 g/mol. The van der Waals surface area contributed by atoms with E-state index in [1.807, 2.05) is 0 Å². The van der Waals surface area contributed by atoms with Crippen LogP contribution < -0.4 is 9.47 Å². The Balaban J connectivity index is 1.83. The zero-order valence-corrected chi connectivity index (χ0v) is 12.6. The van der Waals surface area contributed by atoms with E-state index in [1.165, 1.54) is 0 Å². The van der Waals surface area contributed by atoms with Crippen LogP contribution in [0.4, 0.5) is 0 Å². The van der Waals surface area contributed by atoms with Crippen molar-refractivity contribution in [1.29, 1.82) is 0 Å². The highest BCUT2D eigenvalue weighted by molar-refractivity contribution is 5.95. The minimum absolute atomic E-state index is 0.0320. The first kappa shape index (κ1) is 14.3. The molecule has 0 N–H and O–H groups in total. The van der Waals surface area contributed by atoms with Crippen molar-refractivity contribution in [3.8, 4) is 11.5 Å². The van der Waals surface area contributed by atoms with Crippen LogP contribution in [0.5, 0.6) is 11.5 Å². The SMILES string of the molecule is COc1ccc(C(=O)N2CCc3ncncc3C2)cc1OC. The van der Waals surface area contributed by atoms with Gasteiger partial charge < -0.3 is 14.4 Å². The first-order chi connectivity index (χ1) is 10.7. The second kappa shape index (κ2) is 6.01. The number of carbonyl (C=O) groups is 1. The van der Waals surface area contributed by atoms with Gasteiger partial charge in [0.15, 0.2) is 11.5 Å². The van der Waals surface area contributed by atoms with E-state index < -0.39 is 0 Å². The summed E-state index contributed by atoms with van der Waals surface area (Å²) >= 11 is 0. The summed E-state index contributed by atoms with van der Waals surface area (Å²) in [5, 5.41) is 0. The van der Waals surface area contributed by atoms with E-state index in [-0.39, 0.29) is 5.91 Å². The molecule has 0 bridgehead atoms. The number of ether oxygens (including phenoxy) is 2. The van der Waals surface area contributed by atoms with Gasteiger partial charge in [-0.15, -0.1) is 0 Å².